The maximum Gasteiger partial charge on any atom is 0.264 e. The molecular weight excluding hydrogens is 436 g/mol. The van der Waals surface area contributed by atoms with Crippen molar-refractivity contribution in [3.8, 4) is 5.75 Å². The van der Waals surface area contributed by atoms with E-state index >= 15 is 0 Å². The highest BCUT2D eigenvalue weighted by molar-refractivity contribution is 6.34. The third-order valence-corrected chi connectivity index (χ3v) is 6.76. The number of amides is 2. The Balaban J connectivity index is 1.45. The number of benzene rings is 3. The number of halogens is 1. The molecule has 1 aliphatic heterocycles. The second-order valence-corrected chi connectivity index (χ2v) is 9.00. The summed E-state index contributed by atoms with van der Waals surface area (Å²) in [5.41, 5.74) is 4.44. The predicted octanol–water partition coefficient (Wildman–Crippen LogP) is 5.78. The first kappa shape index (κ1) is 21.5. The van der Waals surface area contributed by atoms with Crippen LogP contribution >= 0.6 is 11.6 Å². The van der Waals surface area contributed by atoms with E-state index in [9.17, 15) is 9.59 Å². The molecule has 0 radical (unpaired) electrons. The summed E-state index contributed by atoms with van der Waals surface area (Å²) in [5, 5.41) is 3.32. The molecule has 6 heteroatoms. The Kier molecular flexibility index (Phi) is 5.81. The van der Waals surface area contributed by atoms with Crippen LogP contribution in [0.2, 0.25) is 5.02 Å². The number of hydrogen-bond donors (Lipinski definition) is 1. The highest BCUT2D eigenvalue weighted by Gasteiger charge is 2.35. The van der Waals surface area contributed by atoms with Crippen molar-refractivity contribution in [2.24, 2.45) is 0 Å². The Bertz CT molecular complexity index is 1230. The lowest BCUT2D eigenvalue weighted by Gasteiger charge is -2.35. The van der Waals surface area contributed by atoms with Crippen molar-refractivity contribution < 1.29 is 14.3 Å². The minimum Gasteiger partial charge on any atom is -0.481 e. The number of carbonyl (C=O) groups is 2. The van der Waals surface area contributed by atoms with Gasteiger partial charge in [-0.15, -0.1) is 0 Å². The van der Waals surface area contributed by atoms with Crippen molar-refractivity contribution in [2.75, 3.05) is 5.32 Å². The van der Waals surface area contributed by atoms with Gasteiger partial charge in [-0.05, 0) is 67.6 Å². The van der Waals surface area contributed by atoms with E-state index < -0.39 is 6.10 Å². The van der Waals surface area contributed by atoms with Gasteiger partial charge in [0, 0.05) is 11.3 Å². The van der Waals surface area contributed by atoms with Crippen LogP contribution in [0.5, 0.6) is 5.75 Å². The fourth-order valence-corrected chi connectivity index (χ4v) is 5.01. The van der Waals surface area contributed by atoms with Crippen molar-refractivity contribution in [3.63, 3.8) is 0 Å². The van der Waals surface area contributed by atoms with Gasteiger partial charge >= 0.3 is 0 Å². The summed E-state index contributed by atoms with van der Waals surface area (Å²) in [5.74, 6) is 0.366. The van der Waals surface area contributed by atoms with E-state index in [1.165, 1.54) is 11.1 Å². The first-order chi connectivity index (χ1) is 16.0. The number of fused-ring (bicyclic) bond motifs is 2. The molecule has 3 aromatic carbocycles. The topological polar surface area (TPSA) is 58.6 Å². The van der Waals surface area contributed by atoms with Crippen LogP contribution in [0.4, 0.5) is 5.69 Å². The molecule has 5 nitrogen and oxygen atoms in total. The van der Waals surface area contributed by atoms with E-state index in [-0.39, 0.29) is 17.9 Å². The molecular formula is C27H25ClN2O3. The molecule has 2 aliphatic rings. The van der Waals surface area contributed by atoms with E-state index in [0.717, 1.165) is 24.8 Å². The number of ether oxygens (including phenoxy) is 1. The van der Waals surface area contributed by atoms with Crippen molar-refractivity contribution in [3.05, 3.63) is 94.0 Å². The zero-order valence-electron chi connectivity index (χ0n) is 18.4. The summed E-state index contributed by atoms with van der Waals surface area (Å²) >= 11 is 6.18. The maximum atomic E-state index is 13.3. The molecule has 1 N–H and O–H groups in total. The van der Waals surface area contributed by atoms with Crippen LogP contribution in [0.3, 0.4) is 0 Å². The van der Waals surface area contributed by atoms with Crippen molar-refractivity contribution in [1.82, 2.24) is 4.90 Å². The fraction of sp³-hybridized carbons (Fsp3) is 0.259. The molecule has 3 aromatic rings. The molecule has 168 valence electrons. The molecule has 5 rings (SSSR count). The molecule has 0 saturated carbocycles. The molecule has 0 saturated heterocycles. The molecule has 0 bridgehead atoms. The lowest BCUT2D eigenvalue weighted by molar-refractivity contribution is -0.140. The van der Waals surface area contributed by atoms with Crippen LogP contribution < -0.4 is 10.1 Å². The summed E-state index contributed by atoms with van der Waals surface area (Å²) in [7, 11) is 0. The highest BCUT2D eigenvalue weighted by atomic mass is 35.5. The number of carbonyl (C=O) groups excluding carboxylic acids is 2. The van der Waals surface area contributed by atoms with Crippen molar-refractivity contribution >= 4 is 29.1 Å². The quantitative estimate of drug-likeness (QED) is 0.539. The summed E-state index contributed by atoms with van der Waals surface area (Å²) in [4.78, 5) is 28.0. The number of aryl methyl sites for hydroxylation is 1. The average molecular weight is 461 g/mol. The molecule has 2 amide bonds. The fourth-order valence-electron chi connectivity index (χ4n) is 4.79. The SMILES string of the molecule is C[C@H]1Oc2ccc(NC(=O)c3ccccc3Cl)cc2CN([C@H]2CCCc3ccccc32)C1=O. The maximum absolute atomic E-state index is 13.3. The number of anilines is 1. The van der Waals surface area contributed by atoms with Crippen LogP contribution in [-0.4, -0.2) is 22.8 Å². The molecule has 0 spiro atoms. The van der Waals surface area contributed by atoms with Gasteiger partial charge in [0.25, 0.3) is 11.8 Å². The van der Waals surface area contributed by atoms with Gasteiger partial charge < -0.3 is 15.0 Å². The normalized spacial score (nSPS) is 19.7. The first-order valence-electron chi connectivity index (χ1n) is 11.2. The zero-order chi connectivity index (χ0) is 22.9. The standard InChI is InChI=1S/C27H25ClN2O3/c1-17-27(32)30(24-12-6-8-18-7-2-3-9-21(18)24)16-19-15-20(13-14-25(19)33-17)29-26(31)22-10-4-5-11-23(22)28/h2-5,7,9-11,13-15,17,24H,6,8,12,16H2,1H3,(H,29,31)/t17-,24+/m1/s1. The van der Waals surface area contributed by atoms with Crippen LogP contribution in [0.25, 0.3) is 0 Å². The predicted molar refractivity (Wildman–Crippen MR) is 129 cm³/mol. The Morgan fingerprint density at radius 2 is 1.85 bits per heavy atom. The summed E-state index contributed by atoms with van der Waals surface area (Å²) in [6.07, 6.45) is 2.43. The lowest BCUT2D eigenvalue weighted by Crippen LogP contribution is -2.41. The minimum absolute atomic E-state index is 0.0147. The molecule has 0 fully saturated rings. The Morgan fingerprint density at radius 3 is 2.70 bits per heavy atom. The lowest BCUT2D eigenvalue weighted by atomic mass is 9.86. The third kappa shape index (κ3) is 4.21. The monoisotopic (exact) mass is 460 g/mol. The van der Waals surface area contributed by atoms with E-state index in [1.54, 1.807) is 37.3 Å². The van der Waals surface area contributed by atoms with Gasteiger partial charge in [-0.3, -0.25) is 9.59 Å². The van der Waals surface area contributed by atoms with Gasteiger partial charge in [0.2, 0.25) is 0 Å². The average Bonchev–Trinajstić information content (AvgIpc) is 2.95. The molecule has 0 aromatic heterocycles. The third-order valence-electron chi connectivity index (χ3n) is 6.43. The van der Waals surface area contributed by atoms with Crippen LogP contribution in [0.1, 0.15) is 52.9 Å². The molecule has 1 heterocycles. The van der Waals surface area contributed by atoms with Crippen molar-refractivity contribution in [1.29, 1.82) is 0 Å². The van der Waals surface area contributed by atoms with Gasteiger partial charge in [-0.2, -0.15) is 0 Å². The van der Waals surface area contributed by atoms with Gasteiger partial charge in [0.1, 0.15) is 5.75 Å². The molecule has 1 aliphatic carbocycles. The molecule has 33 heavy (non-hydrogen) atoms. The van der Waals surface area contributed by atoms with Gasteiger partial charge in [-0.1, -0.05) is 48.0 Å². The number of hydrogen-bond acceptors (Lipinski definition) is 3. The highest BCUT2D eigenvalue weighted by Crippen LogP contribution is 2.38. The summed E-state index contributed by atoms with van der Waals surface area (Å²) < 4.78 is 6.02. The largest absolute Gasteiger partial charge is 0.481 e. The summed E-state index contributed by atoms with van der Waals surface area (Å²) in [6, 6.07) is 20.8. The van der Waals surface area contributed by atoms with Crippen LogP contribution in [0, 0.1) is 0 Å². The zero-order valence-corrected chi connectivity index (χ0v) is 19.1. The Hall–Kier alpha value is -3.31. The molecule has 0 unspecified atom stereocenters. The van der Waals surface area contributed by atoms with Crippen LogP contribution in [-0.2, 0) is 17.8 Å². The minimum atomic E-state index is -0.580. The van der Waals surface area contributed by atoms with Crippen LogP contribution in [0.15, 0.2) is 66.7 Å². The smallest absolute Gasteiger partial charge is 0.264 e. The summed E-state index contributed by atoms with van der Waals surface area (Å²) in [6.45, 7) is 2.22. The van der Waals surface area contributed by atoms with E-state index in [0.29, 0.717) is 28.6 Å². The van der Waals surface area contributed by atoms with E-state index in [2.05, 4.69) is 23.5 Å². The number of nitrogens with zero attached hydrogens (tertiary/aromatic N) is 1. The van der Waals surface area contributed by atoms with E-state index in [4.69, 9.17) is 16.3 Å². The van der Waals surface area contributed by atoms with Gasteiger partial charge in [0.05, 0.1) is 23.2 Å². The Labute approximate surface area is 198 Å². The van der Waals surface area contributed by atoms with E-state index in [1.807, 2.05) is 23.1 Å². The van der Waals surface area contributed by atoms with Crippen molar-refractivity contribution in [2.45, 2.75) is 44.9 Å². The van der Waals surface area contributed by atoms with Gasteiger partial charge in [-0.25, -0.2) is 0 Å². The molecule has 2 atom stereocenters. The number of rotatable bonds is 3. The Morgan fingerprint density at radius 1 is 1.06 bits per heavy atom. The number of nitrogens with one attached hydrogen (secondary N) is 1. The van der Waals surface area contributed by atoms with Gasteiger partial charge in [0.15, 0.2) is 6.10 Å². The second-order valence-electron chi connectivity index (χ2n) is 8.59. The first-order valence-corrected chi connectivity index (χ1v) is 11.6. The second kappa shape index (κ2) is 8.91.